The van der Waals surface area contributed by atoms with Gasteiger partial charge in [0, 0.05) is 0 Å². The first-order valence-electron chi connectivity index (χ1n) is 5.44. The van der Waals surface area contributed by atoms with Crippen LogP contribution in [-0.4, -0.2) is 32.0 Å². The maximum absolute atomic E-state index is 13.0. The molecule has 0 unspecified atom stereocenters. The second kappa shape index (κ2) is 6.06. The Bertz CT molecular complexity index is 696. The van der Waals surface area contributed by atoms with Crippen LogP contribution in [0.3, 0.4) is 0 Å². The van der Waals surface area contributed by atoms with Crippen molar-refractivity contribution in [2.75, 3.05) is 5.32 Å². The van der Waals surface area contributed by atoms with Crippen molar-refractivity contribution in [3.63, 3.8) is 0 Å². The Kier molecular flexibility index (Phi) is 4.39. The third kappa shape index (κ3) is 3.67. The predicted molar refractivity (Wildman–Crippen MR) is 72.0 cm³/mol. The van der Waals surface area contributed by atoms with Crippen LogP contribution in [0.5, 0.6) is 0 Å². The Morgan fingerprint density at radius 2 is 1.95 bits per heavy atom. The second-order valence-electron chi connectivity index (χ2n) is 3.89. The predicted octanol–water partition coefficient (Wildman–Crippen LogP) is 2.06. The molecule has 0 saturated carbocycles. The Hall–Kier alpha value is -2.19. The first kappa shape index (κ1) is 15.2. The molecule has 0 aliphatic heterocycles. The number of carboxylic acid groups (broad SMARTS) is 1. The quantitative estimate of drug-likeness (QED) is 0.893. The lowest BCUT2D eigenvalue weighted by Gasteiger charge is -2.07. The topological polar surface area (TPSA) is 97.1 Å². The molecule has 0 saturated heterocycles. The average Bonchev–Trinajstić information content (AvgIpc) is 2.81. The van der Waals surface area contributed by atoms with Gasteiger partial charge in [0.05, 0.1) is 21.9 Å². The van der Waals surface area contributed by atoms with Crippen LogP contribution in [0.2, 0.25) is 10.0 Å². The standard InChI is InChI=1S/C11H7Cl2FN4O3/c12-6-1-5(14)2-7(13)10(6)15-11(21)8-3-18(17-16-8)4-9(19)20/h1-3H,4H2,(H,15,21)(H,19,20). The third-order valence-electron chi connectivity index (χ3n) is 2.31. The molecule has 10 heteroatoms. The number of amides is 1. The van der Waals surface area contributed by atoms with Crippen LogP contribution >= 0.6 is 23.2 Å². The Balaban J connectivity index is 2.18. The first-order valence-corrected chi connectivity index (χ1v) is 6.20. The molecule has 1 amide bonds. The summed E-state index contributed by atoms with van der Waals surface area (Å²) in [4.78, 5) is 22.4. The van der Waals surface area contributed by atoms with Gasteiger partial charge in [0.2, 0.25) is 0 Å². The Morgan fingerprint density at radius 3 is 2.52 bits per heavy atom. The molecule has 0 radical (unpaired) electrons. The van der Waals surface area contributed by atoms with Crippen molar-refractivity contribution in [1.82, 2.24) is 15.0 Å². The molecular formula is C11H7Cl2FN4O3. The highest BCUT2D eigenvalue weighted by Crippen LogP contribution is 2.31. The van der Waals surface area contributed by atoms with Crippen LogP contribution < -0.4 is 5.32 Å². The number of carbonyl (C=O) groups is 2. The molecule has 0 spiro atoms. The molecular weight excluding hydrogens is 326 g/mol. The lowest BCUT2D eigenvalue weighted by Crippen LogP contribution is -2.13. The normalized spacial score (nSPS) is 10.4. The molecule has 0 fully saturated rings. The molecule has 2 rings (SSSR count). The van der Waals surface area contributed by atoms with E-state index in [-0.39, 0.29) is 21.4 Å². The van der Waals surface area contributed by atoms with Gasteiger partial charge in [-0.05, 0) is 12.1 Å². The number of carbonyl (C=O) groups excluding carboxylic acids is 1. The number of hydrogen-bond acceptors (Lipinski definition) is 4. The highest BCUT2D eigenvalue weighted by Gasteiger charge is 2.16. The van der Waals surface area contributed by atoms with Crippen molar-refractivity contribution in [1.29, 1.82) is 0 Å². The molecule has 2 N–H and O–H groups in total. The fourth-order valence-electron chi connectivity index (χ4n) is 1.46. The number of aliphatic carboxylic acids is 1. The van der Waals surface area contributed by atoms with E-state index in [1.165, 1.54) is 0 Å². The SMILES string of the molecule is O=C(O)Cn1cc(C(=O)Nc2c(Cl)cc(F)cc2Cl)nn1. The lowest BCUT2D eigenvalue weighted by molar-refractivity contribution is -0.137. The van der Waals surface area contributed by atoms with Gasteiger partial charge in [-0.3, -0.25) is 9.59 Å². The van der Waals surface area contributed by atoms with Crippen LogP contribution in [0.1, 0.15) is 10.5 Å². The number of benzene rings is 1. The van der Waals surface area contributed by atoms with Gasteiger partial charge >= 0.3 is 5.97 Å². The monoisotopic (exact) mass is 332 g/mol. The number of halogens is 3. The molecule has 7 nitrogen and oxygen atoms in total. The van der Waals surface area contributed by atoms with Crippen LogP contribution in [0, 0.1) is 5.82 Å². The van der Waals surface area contributed by atoms with Crippen LogP contribution in [0.4, 0.5) is 10.1 Å². The molecule has 0 aliphatic carbocycles. The molecule has 1 aromatic carbocycles. The summed E-state index contributed by atoms with van der Waals surface area (Å²) in [5, 5.41) is 17.8. The molecule has 110 valence electrons. The van der Waals surface area contributed by atoms with Crippen molar-refractivity contribution in [2.24, 2.45) is 0 Å². The summed E-state index contributed by atoms with van der Waals surface area (Å²) in [6, 6.07) is 1.98. The van der Waals surface area contributed by atoms with Gasteiger partial charge in [-0.1, -0.05) is 28.4 Å². The fourth-order valence-corrected chi connectivity index (χ4v) is 2.01. The molecule has 21 heavy (non-hydrogen) atoms. The van der Waals surface area contributed by atoms with Crippen molar-refractivity contribution in [3.8, 4) is 0 Å². The number of aromatic nitrogens is 3. The van der Waals surface area contributed by atoms with E-state index in [9.17, 15) is 14.0 Å². The van der Waals surface area contributed by atoms with E-state index >= 15 is 0 Å². The van der Waals surface area contributed by atoms with Crippen molar-refractivity contribution in [2.45, 2.75) is 6.54 Å². The van der Waals surface area contributed by atoms with E-state index < -0.39 is 24.2 Å². The van der Waals surface area contributed by atoms with Gasteiger partial charge in [-0.2, -0.15) is 0 Å². The molecule has 2 aromatic rings. The van der Waals surface area contributed by atoms with Crippen LogP contribution in [-0.2, 0) is 11.3 Å². The zero-order valence-corrected chi connectivity index (χ0v) is 11.7. The van der Waals surface area contributed by atoms with E-state index in [4.69, 9.17) is 28.3 Å². The van der Waals surface area contributed by atoms with Gasteiger partial charge in [0.25, 0.3) is 5.91 Å². The zero-order valence-electron chi connectivity index (χ0n) is 10.2. The minimum absolute atomic E-state index is 0.0255. The number of anilines is 1. The maximum atomic E-state index is 13.0. The van der Waals surface area contributed by atoms with E-state index in [1.54, 1.807) is 0 Å². The van der Waals surface area contributed by atoms with Crippen molar-refractivity contribution < 1.29 is 19.1 Å². The fraction of sp³-hybridized carbons (Fsp3) is 0.0909. The number of rotatable bonds is 4. The lowest BCUT2D eigenvalue weighted by atomic mass is 10.3. The van der Waals surface area contributed by atoms with Crippen molar-refractivity contribution >= 4 is 40.8 Å². The van der Waals surface area contributed by atoms with Gasteiger partial charge in [0.15, 0.2) is 5.69 Å². The van der Waals surface area contributed by atoms with E-state index in [1.807, 2.05) is 0 Å². The van der Waals surface area contributed by atoms with Gasteiger partial charge < -0.3 is 10.4 Å². The summed E-state index contributed by atoms with van der Waals surface area (Å²) in [7, 11) is 0. The number of nitrogens with one attached hydrogen (secondary N) is 1. The summed E-state index contributed by atoms with van der Waals surface area (Å²) in [6.45, 7) is -0.432. The largest absolute Gasteiger partial charge is 0.480 e. The highest BCUT2D eigenvalue weighted by molar-refractivity contribution is 6.40. The van der Waals surface area contributed by atoms with E-state index in [0.717, 1.165) is 23.0 Å². The molecule has 1 heterocycles. The van der Waals surface area contributed by atoms with Gasteiger partial charge in [-0.25, -0.2) is 9.07 Å². The molecule has 1 aromatic heterocycles. The summed E-state index contributed by atoms with van der Waals surface area (Å²) >= 11 is 11.6. The van der Waals surface area contributed by atoms with Gasteiger partial charge in [-0.15, -0.1) is 5.10 Å². The first-order chi connectivity index (χ1) is 9.86. The molecule has 0 atom stereocenters. The Labute approximate surface area is 127 Å². The summed E-state index contributed by atoms with van der Waals surface area (Å²) in [6.07, 6.45) is 1.15. The minimum Gasteiger partial charge on any atom is -0.480 e. The summed E-state index contributed by atoms with van der Waals surface area (Å²) in [5.74, 6) is -2.48. The van der Waals surface area contributed by atoms with Crippen molar-refractivity contribution in [3.05, 3.63) is 39.9 Å². The maximum Gasteiger partial charge on any atom is 0.325 e. The van der Waals surface area contributed by atoms with E-state index in [2.05, 4.69) is 15.6 Å². The Morgan fingerprint density at radius 1 is 1.33 bits per heavy atom. The molecule has 0 bridgehead atoms. The summed E-state index contributed by atoms with van der Waals surface area (Å²) < 4.78 is 14.0. The van der Waals surface area contributed by atoms with Gasteiger partial charge in [0.1, 0.15) is 12.4 Å². The smallest absolute Gasteiger partial charge is 0.325 e. The minimum atomic E-state index is -1.13. The summed E-state index contributed by atoms with van der Waals surface area (Å²) in [5.41, 5.74) is -0.106. The van der Waals surface area contributed by atoms with Crippen LogP contribution in [0.25, 0.3) is 0 Å². The molecule has 0 aliphatic rings. The average molecular weight is 333 g/mol. The number of hydrogen-bond donors (Lipinski definition) is 2. The van der Waals surface area contributed by atoms with Crippen LogP contribution in [0.15, 0.2) is 18.3 Å². The zero-order chi connectivity index (χ0) is 15.6. The highest BCUT2D eigenvalue weighted by atomic mass is 35.5. The third-order valence-corrected chi connectivity index (χ3v) is 2.91. The second-order valence-corrected chi connectivity index (χ2v) is 4.71. The number of carboxylic acids is 1. The number of nitrogens with zero attached hydrogens (tertiary/aromatic N) is 3. The van der Waals surface area contributed by atoms with E-state index in [0.29, 0.717) is 0 Å².